The number of rotatable bonds is 2. The molecule has 0 atom stereocenters. The van der Waals surface area contributed by atoms with Crippen molar-refractivity contribution in [2.75, 3.05) is 7.11 Å². The number of nitro groups is 1. The lowest BCUT2D eigenvalue weighted by atomic mass is 10.2. The maximum atomic E-state index is 10.5. The van der Waals surface area contributed by atoms with Gasteiger partial charge in [0, 0.05) is 23.7 Å². The molecule has 1 aromatic heterocycles. The molecule has 14 heavy (non-hydrogen) atoms. The monoisotopic (exact) mass is 192 g/mol. The van der Waals surface area contributed by atoms with Gasteiger partial charge in [0.1, 0.15) is 7.11 Å². The van der Waals surface area contributed by atoms with Crippen molar-refractivity contribution in [3.05, 3.63) is 40.6 Å². The Morgan fingerprint density at radius 2 is 2.21 bits per heavy atom. The molecule has 0 spiro atoms. The van der Waals surface area contributed by atoms with Gasteiger partial charge in [-0.15, -0.1) is 0 Å². The summed E-state index contributed by atoms with van der Waals surface area (Å²) in [5.74, 6) is 0. The molecule has 0 aliphatic heterocycles. The summed E-state index contributed by atoms with van der Waals surface area (Å²) in [6, 6.07) is 6.49. The topological polar surface area (TPSA) is 57.3 Å². The molecule has 5 heteroatoms. The van der Waals surface area contributed by atoms with Crippen LogP contribution in [0.15, 0.2) is 30.5 Å². The Balaban J connectivity index is 2.67. The Morgan fingerprint density at radius 3 is 2.86 bits per heavy atom. The van der Waals surface area contributed by atoms with Crippen molar-refractivity contribution in [2.24, 2.45) is 0 Å². The van der Waals surface area contributed by atoms with Crippen LogP contribution in [0.2, 0.25) is 0 Å². The molecule has 0 saturated carbocycles. The molecule has 0 N–H and O–H groups in total. The van der Waals surface area contributed by atoms with E-state index < -0.39 is 4.92 Å². The Hall–Kier alpha value is -2.04. The lowest BCUT2D eigenvalue weighted by Crippen LogP contribution is -2.02. The average molecular weight is 192 g/mol. The molecule has 0 aliphatic carbocycles. The zero-order chi connectivity index (χ0) is 10.1. The Bertz CT molecular complexity index is 490. The number of aromatic nitrogens is 1. The molecule has 2 rings (SSSR count). The van der Waals surface area contributed by atoms with Crippen molar-refractivity contribution in [1.82, 2.24) is 4.73 Å². The van der Waals surface area contributed by atoms with Crippen molar-refractivity contribution in [3.63, 3.8) is 0 Å². The molecule has 0 saturated heterocycles. The molecule has 0 amide bonds. The van der Waals surface area contributed by atoms with Gasteiger partial charge in [-0.3, -0.25) is 10.1 Å². The SMILES string of the molecule is COn1ccc2ccc([N+](=O)[O-])cc21. The van der Waals surface area contributed by atoms with Gasteiger partial charge in [-0.1, -0.05) is 0 Å². The van der Waals surface area contributed by atoms with Gasteiger partial charge < -0.3 is 4.84 Å². The first kappa shape index (κ1) is 8.55. The van der Waals surface area contributed by atoms with E-state index in [-0.39, 0.29) is 5.69 Å². The van der Waals surface area contributed by atoms with Crippen LogP contribution < -0.4 is 4.84 Å². The van der Waals surface area contributed by atoms with Gasteiger partial charge in [0.15, 0.2) is 0 Å². The van der Waals surface area contributed by atoms with Crippen molar-refractivity contribution in [1.29, 1.82) is 0 Å². The summed E-state index contributed by atoms with van der Waals surface area (Å²) < 4.78 is 1.49. The molecule has 0 fully saturated rings. The number of hydrogen-bond donors (Lipinski definition) is 0. The zero-order valence-electron chi connectivity index (χ0n) is 7.51. The van der Waals surface area contributed by atoms with Crippen molar-refractivity contribution >= 4 is 16.6 Å². The third kappa shape index (κ3) is 1.19. The molecule has 0 aliphatic rings. The van der Waals surface area contributed by atoms with E-state index in [0.717, 1.165) is 5.39 Å². The molecule has 72 valence electrons. The highest BCUT2D eigenvalue weighted by molar-refractivity contribution is 5.82. The summed E-state index contributed by atoms with van der Waals surface area (Å²) in [5, 5.41) is 11.4. The molecule has 0 radical (unpaired) electrons. The van der Waals surface area contributed by atoms with E-state index in [4.69, 9.17) is 4.84 Å². The van der Waals surface area contributed by atoms with E-state index in [1.807, 2.05) is 6.07 Å². The second kappa shape index (κ2) is 3.02. The van der Waals surface area contributed by atoms with Crippen molar-refractivity contribution < 1.29 is 9.76 Å². The van der Waals surface area contributed by atoms with Crippen LogP contribution in [0.3, 0.4) is 0 Å². The highest BCUT2D eigenvalue weighted by Gasteiger charge is 2.08. The van der Waals surface area contributed by atoms with E-state index in [0.29, 0.717) is 5.52 Å². The molecular weight excluding hydrogens is 184 g/mol. The standard InChI is InChI=1S/C9H8N2O3/c1-14-10-5-4-7-2-3-8(11(12)13)6-9(7)10/h2-6H,1H3. The second-order valence-electron chi connectivity index (χ2n) is 2.82. The minimum Gasteiger partial charge on any atom is -0.417 e. The van der Waals surface area contributed by atoms with E-state index >= 15 is 0 Å². The van der Waals surface area contributed by atoms with Crippen LogP contribution in [-0.4, -0.2) is 16.8 Å². The number of nitrogens with zero attached hydrogens (tertiary/aromatic N) is 2. The highest BCUT2D eigenvalue weighted by atomic mass is 16.6. The van der Waals surface area contributed by atoms with Crippen LogP contribution in [-0.2, 0) is 0 Å². The predicted molar refractivity (Wildman–Crippen MR) is 51.1 cm³/mol. The van der Waals surface area contributed by atoms with E-state index in [2.05, 4.69) is 0 Å². The fraction of sp³-hybridized carbons (Fsp3) is 0.111. The van der Waals surface area contributed by atoms with Gasteiger partial charge in [-0.2, -0.15) is 4.73 Å². The van der Waals surface area contributed by atoms with Gasteiger partial charge in [0.2, 0.25) is 0 Å². The highest BCUT2D eigenvalue weighted by Crippen LogP contribution is 2.20. The lowest BCUT2D eigenvalue weighted by Gasteiger charge is -2.01. The largest absolute Gasteiger partial charge is 0.417 e. The molecular formula is C9H8N2O3. The molecule has 0 bridgehead atoms. The lowest BCUT2D eigenvalue weighted by molar-refractivity contribution is -0.384. The number of hydrogen-bond acceptors (Lipinski definition) is 3. The molecule has 5 nitrogen and oxygen atoms in total. The van der Waals surface area contributed by atoms with Crippen molar-refractivity contribution in [2.45, 2.75) is 0 Å². The first-order valence-electron chi connectivity index (χ1n) is 4.02. The fourth-order valence-electron chi connectivity index (χ4n) is 1.36. The van der Waals surface area contributed by atoms with Gasteiger partial charge in [-0.25, -0.2) is 0 Å². The van der Waals surface area contributed by atoms with Gasteiger partial charge in [-0.05, 0) is 12.1 Å². The second-order valence-corrected chi connectivity index (χ2v) is 2.82. The normalized spacial score (nSPS) is 10.4. The molecule has 1 aromatic carbocycles. The third-order valence-corrected chi connectivity index (χ3v) is 2.05. The van der Waals surface area contributed by atoms with E-state index in [1.165, 1.54) is 24.0 Å². The van der Waals surface area contributed by atoms with E-state index in [1.54, 1.807) is 12.3 Å². The maximum absolute atomic E-state index is 10.5. The predicted octanol–water partition coefficient (Wildman–Crippen LogP) is 1.61. The Morgan fingerprint density at radius 1 is 1.43 bits per heavy atom. The van der Waals surface area contributed by atoms with Crippen LogP contribution in [0.1, 0.15) is 0 Å². The molecule has 1 heterocycles. The number of fused-ring (bicyclic) bond motifs is 1. The fourth-order valence-corrected chi connectivity index (χ4v) is 1.36. The van der Waals surface area contributed by atoms with E-state index in [9.17, 15) is 10.1 Å². The van der Waals surface area contributed by atoms with Crippen LogP contribution in [0, 0.1) is 10.1 Å². The number of nitro benzene ring substituents is 1. The van der Waals surface area contributed by atoms with Gasteiger partial charge in [0.05, 0.1) is 10.4 Å². The van der Waals surface area contributed by atoms with Crippen LogP contribution >= 0.6 is 0 Å². The van der Waals surface area contributed by atoms with Crippen LogP contribution in [0.25, 0.3) is 10.9 Å². The number of benzene rings is 1. The summed E-state index contributed by atoms with van der Waals surface area (Å²) in [4.78, 5) is 15.1. The minimum absolute atomic E-state index is 0.0644. The van der Waals surface area contributed by atoms with Crippen LogP contribution in [0.5, 0.6) is 0 Å². The summed E-state index contributed by atoms with van der Waals surface area (Å²) in [7, 11) is 1.51. The number of non-ortho nitro benzene ring substituents is 1. The quantitative estimate of drug-likeness (QED) is 0.536. The average Bonchev–Trinajstić information content (AvgIpc) is 2.59. The third-order valence-electron chi connectivity index (χ3n) is 2.05. The summed E-state index contributed by atoms with van der Waals surface area (Å²) in [6.45, 7) is 0. The smallest absolute Gasteiger partial charge is 0.271 e. The Labute approximate surface area is 79.6 Å². The minimum atomic E-state index is -0.424. The van der Waals surface area contributed by atoms with Crippen LogP contribution in [0.4, 0.5) is 5.69 Å². The molecule has 0 unspecified atom stereocenters. The Kier molecular flexibility index (Phi) is 1.85. The van der Waals surface area contributed by atoms with Gasteiger partial charge in [0.25, 0.3) is 5.69 Å². The summed E-state index contributed by atoms with van der Waals surface area (Å²) in [6.07, 6.45) is 1.72. The first-order valence-corrected chi connectivity index (χ1v) is 4.02. The summed E-state index contributed by atoms with van der Waals surface area (Å²) >= 11 is 0. The first-order chi connectivity index (χ1) is 6.72. The van der Waals surface area contributed by atoms with Crippen molar-refractivity contribution in [3.8, 4) is 0 Å². The zero-order valence-corrected chi connectivity index (χ0v) is 7.51. The summed E-state index contributed by atoms with van der Waals surface area (Å²) in [5.41, 5.74) is 0.760. The maximum Gasteiger partial charge on any atom is 0.271 e. The van der Waals surface area contributed by atoms with Gasteiger partial charge >= 0.3 is 0 Å². The molecule has 2 aromatic rings.